The summed E-state index contributed by atoms with van der Waals surface area (Å²) < 4.78 is 15.9. The second-order valence-corrected chi connectivity index (χ2v) is 4.92. The molecule has 0 unspecified atom stereocenters. The summed E-state index contributed by atoms with van der Waals surface area (Å²) in [6.45, 7) is 3.43. The van der Waals surface area contributed by atoms with Gasteiger partial charge in [-0.3, -0.25) is 0 Å². The highest BCUT2D eigenvalue weighted by atomic mass is 16.5. The Bertz CT molecular complexity index is 850. The molecule has 0 aliphatic heterocycles. The summed E-state index contributed by atoms with van der Waals surface area (Å²) in [5.41, 5.74) is 0.779. The van der Waals surface area contributed by atoms with Crippen molar-refractivity contribution >= 4 is 5.97 Å². The maximum Gasteiger partial charge on any atom is 0.342 e. The van der Waals surface area contributed by atoms with E-state index in [-0.39, 0.29) is 23.8 Å². The van der Waals surface area contributed by atoms with E-state index in [0.717, 1.165) is 5.76 Å². The molecule has 2 heterocycles. The standard InChI is InChI=1S/C16H14N2O5/c1-9-7-12(10(2)22-9)15-18-17-14(23-15)8-21-16(20)11-5-3-4-6-13(11)19/h3-7,19H,8H2,1-2H3. The molecule has 0 spiro atoms. The van der Waals surface area contributed by atoms with E-state index in [1.54, 1.807) is 25.1 Å². The molecule has 1 N–H and O–H groups in total. The van der Waals surface area contributed by atoms with Crippen LogP contribution in [0.25, 0.3) is 11.5 Å². The van der Waals surface area contributed by atoms with Crippen LogP contribution in [-0.4, -0.2) is 21.3 Å². The number of furan rings is 1. The van der Waals surface area contributed by atoms with Crippen LogP contribution in [0.1, 0.15) is 27.8 Å². The third-order valence-corrected chi connectivity index (χ3v) is 3.19. The van der Waals surface area contributed by atoms with Gasteiger partial charge in [0.25, 0.3) is 11.8 Å². The number of phenolic OH excluding ortho intramolecular Hbond substituents is 1. The van der Waals surface area contributed by atoms with E-state index in [1.807, 2.05) is 6.92 Å². The quantitative estimate of drug-likeness (QED) is 0.739. The number of benzene rings is 1. The molecule has 23 heavy (non-hydrogen) atoms. The number of carbonyl (C=O) groups excluding carboxylic acids is 1. The molecule has 7 nitrogen and oxygen atoms in total. The van der Waals surface area contributed by atoms with E-state index < -0.39 is 5.97 Å². The number of para-hydroxylation sites is 1. The fourth-order valence-electron chi connectivity index (χ4n) is 2.12. The molecule has 7 heteroatoms. The molecule has 0 radical (unpaired) electrons. The molecule has 118 valence electrons. The Morgan fingerprint density at radius 1 is 1.22 bits per heavy atom. The maximum absolute atomic E-state index is 11.9. The summed E-state index contributed by atoms with van der Waals surface area (Å²) in [6.07, 6.45) is 0. The third-order valence-electron chi connectivity index (χ3n) is 3.19. The molecule has 2 aromatic heterocycles. The van der Waals surface area contributed by atoms with Crippen LogP contribution in [0.2, 0.25) is 0 Å². The monoisotopic (exact) mass is 314 g/mol. The number of rotatable bonds is 4. The lowest BCUT2D eigenvalue weighted by Gasteiger charge is -2.03. The van der Waals surface area contributed by atoms with Gasteiger partial charge >= 0.3 is 5.97 Å². The van der Waals surface area contributed by atoms with Crippen molar-refractivity contribution in [2.75, 3.05) is 0 Å². The number of carbonyl (C=O) groups is 1. The first-order chi connectivity index (χ1) is 11.0. The Kier molecular flexibility index (Phi) is 3.84. The molecule has 0 aliphatic rings. The van der Waals surface area contributed by atoms with Crippen LogP contribution in [0.3, 0.4) is 0 Å². The van der Waals surface area contributed by atoms with E-state index in [1.165, 1.54) is 12.1 Å². The molecule has 0 bridgehead atoms. The number of esters is 1. The van der Waals surface area contributed by atoms with Crippen LogP contribution in [0.15, 0.2) is 39.2 Å². The lowest BCUT2D eigenvalue weighted by molar-refractivity contribution is 0.0435. The zero-order chi connectivity index (χ0) is 16.4. The van der Waals surface area contributed by atoms with Crippen molar-refractivity contribution in [2.45, 2.75) is 20.5 Å². The lowest BCUT2D eigenvalue weighted by Crippen LogP contribution is -2.05. The average Bonchev–Trinajstić information content (AvgIpc) is 3.11. The van der Waals surface area contributed by atoms with Crippen LogP contribution >= 0.6 is 0 Å². The van der Waals surface area contributed by atoms with Crippen molar-refractivity contribution in [1.29, 1.82) is 0 Å². The number of phenols is 1. The van der Waals surface area contributed by atoms with Gasteiger partial charge in [-0.25, -0.2) is 4.79 Å². The van der Waals surface area contributed by atoms with Crippen LogP contribution in [-0.2, 0) is 11.3 Å². The molecule has 1 aromatic carbocycles. The predicted octanol–water partition coefficient (Wildman–Crippen LogP) is 3.01. The lowest BCUT2D eigenvalue weighted by atomic mass is 10.2. The van der Waals surface area contributed by atoms with Crippen molar-refractivity contribution in [2.24, 2.45) is 0 Å². The smallest absolute Gasteiger partial charge is 0.342 e. The zero-order valence-electron chi connectivity index (χ0n) is 12.6. The summed E-state index contributed by atoms with van der Waals surface area (Å²) >= 11 is 0. The largest absolute Gasteiger partial charge is 0.507 e. The maximum atomic E-state index is 11.9. The molecular formula is C16H14N2O5. The van der Waals surface area contributed by atoms with Gasteiger partial charge in [0.15, 0.2) is 6.61 Å². The van der Waals surface area contributed by atoms with Crippen molar-refractivity contribution < 1.29 is 23.5 Å². The van der Waals surface area contributed by atoms with Gasteiger partial charge in [-0.15, -0.1) is 10.2 Å². The van der Waals surface area contributed by atoms with Crippen LogP contribution in [0.4, 0.5) is 0 Å². The van der Waals surface area contributed by atoms with E-state index in [9.17, 15) is 9.90 Å². The minimum absolute atomic E-state index is 0.0774. The van der Waals surface area contributed by atoms with Gasteiger partial charge in [0.1, 0.15) is 22.8 Å². The molecule has 3 aromatic rings. The zero-order valence-corrected chi connectivity index (χ0v) is 12.6. The summed E-state index contributed by atoms with van der Waals surface area (Å²) in [7, 11) is 0. The highest BCUT2D eigenvalue weighted by Gasteiger charge is 2.17. The predicted molar refractivity (Wildman–Crippen MR) is 78.7 cm³/mol. The van der Waals surface area contributed by atoms with E-state index in [4.69, 9.17) is 13.6 Å². The van der Waals surface area contributed by atoms with Crippen molar-refractivity contribution in [1.82, 2.24) is 10.2 Å². The minimum atomic E-state index is -0.668. The van der Waals surface area contributed by atoms with Crippen LogP contribution in [0, 0.1) is 13.8 Å². The number of hydrogen-bond donors (Lipinski definition) is 1. The SMILES string of the molecule is Cc1cc(-c2nnc(COC(=O)c3ccccc3O)o2)c(C)o1. The summed E-state index contributed by atoms with van der Waals surface area (Å²) in [4.78, 5) is 11.9. The van der Waals surface area contributed by atoms with Gasteiger partial charge in [-0.1, -0.05) is 12.1 Å². The van der Waals surface area contributed by atoms with E-state index in [0.29, 0.717) is 17.2 Å². The Balaban J connectivity index is 1.69. The first kappa shape index (κ1) is 14.8. The molecule has 0 amide bonds. The second-order valence-electron chi connectivity index (χ2n) is 4.92. The molecule has 0 fully saturated rings. The summed E-state index contributed by atoms with van der Waals surface area (Å²) in [6, 6.07) is 7.91. The normalized spacial score (nSPS) is 10.7. The number of nitrogens with zero attached hydrogens (tertiary/aromatic N) is 2. The van der Waals surface area contributed by atoms with Gasteiger partial charge in [0, 0.05) is 0 Å². The van der Waals surface area contributed by atoms with Crippen molar-refractivity contribution in [3.8, 4) is 17.2 Å². The first-order valence-corrected chi connectivity index (χ1v) is 6.89. The molecule has 0 aliphatic carbocycles. The second kappa shape index (κ2) is 5.96. The number of aromatic hydroxyl groups is 1. The molecule has 0 atom stereocenters. The molecule has 0 saturated carbocycles. The Labute approximate surface area is 131 Å². The minimum Gasteiger partial charge on any atom is -0.507 e. The Hall–Kier alpha value is -3.09. The number of hydrogen-bond acceptors (Lipinski definition) is 7. The fraction of sp³-hybridized carbons (Fsp3) is 0.188. The number of ether oxygens (including phenoxy) is 1. The Morgan fingerprint density at radius 3 is 2.70 bits per heavy atom. The van der Waals surface area contributed by atoms with Crippen molar-refractivity contribution in [3.05, 3.63) is 53.3 Å². The molecule has 3 rings (SSSR count). The van der Waals surface area contributed by atoms with E-state index >= 15 is 0 Å². The first-order valence-electron chi connectivity index (χ1n) is 6.89. The fourth-order valence-corrected chi connectivity index (χ4v) is 2.12. The topological polar surface area (TPSA) is 98.6 Å². The average molecular weight is 314 g/mol. The molecular weight excluding hydrogens is 300 g/mol. The van der Waals surface area contributed by atoms with Gasteiger partial charge in [-0.2, -0.15) is 0 Å². The van der Waals surface area contributed by atoms with Gasteiger partial charge in [0.2, 0.25) is 0 Å². The van der Waals surface area contributed by atoms with Gasteiger partial charge in [0.05, 0.1) is 5.56 Å². The highest BCUT2D eigenvalue weighted by Crippen LogP contribution is 2.25. The van der Waals surface area contributed by atoms with Crippen LogP contribution in [0.5, 0.6) is 5.75 Å². The number of aryl methyl sites for hydroxylation is 2. The third kappa shape index (κ3) is 3.08. The van der Waals surface area contributed by atoms with Crippen LogP contribution < -0.4 is 0 Å². The summed E-state index contributed by atoms with van der Waals surface area (Å²) in [5, 5.41) is 17.3. The number of aromatic nitrogens is 2. The summed E-state index contributed by atoms with van der Waals surface area (Å²) in [5.74, 6) is 1.05. The van der Waals surface area contributed by atoms with Gasteiger partial charge < -0.3 is 18.7 Å². The van der Waals surface area contributed by atoms with Crippen molar-refractivity contribution in [3.63, 3.8) is 0 Å². The Morgan fingerprint density at radius 2 is 2.00 bits per heavy atom. The van der Waals surface area contributed by atoms with Gasteiger partial charge in [-0.05, 0) is 32.0 Å². The molecule has 0 saturated heterocycles. The van der Waals surface area contributed by atoms with E-state index in [2.05, 4.69) is 10.2 Å². The highest BCUT2D eigenvalue weighted by molar-refractivity contribution is 5.92.